The smallest absolute Gasteiger partial charge is 0.255 e. The zero-order chi connectivity index (χ0) is 15.2. The van der Waals surface area contributed by atoms with Crippen LogP contribution in [0.2, 0.25) is 0 Å². The van der Waals surface area contributed by atoms with Gasteiger partial charge in [-0.15, -0.1) is 0 Å². The molecule has 1 heterocycles. The quantitative estimate of drug-likeness (QED) is 0.829. The van der Waals surface area contributed by atoms with E-state index in [1.807, 2.05) is 32.0 Å². The third-order valence-corrected chi connectivity index (χ3v) is 2.91. The molecule has 0 aliphatic rings. The van der Waals surface area contributed by atoms with Gasteiger partial charge in [0.2, 0.25) is 0 Å². The second kappa shape index (κ2) is 6.69. The van der Waals surface area contributed by atoms with E-state index >= 15 is 0 Å². The first kappa shape index (κ1) is 14.8. The van der Waals surface area contributed by atoms with E-state index in [0.717, 1.165) is 16.8 Å². The zero-order valence-electron chi connectivity index (χ0n) is 12.1. The van der Waals surface area contributed by atoms with Crippen LogP contribution < -0.4 is 11.1 Å². The summed E-state index contributed by atoms with van der Waals surface area (Å²) in [5.41, 5.74) is 9.30. The number of hydrogen-bond donors (Lipinski definition) is 2. The van der Waals surface area contributed by atoms with Gasteiger partial charge in [-0.3, -0.25) is 9.78 Å². The minimum atomic E-state index is -0.180. The number of nitrogens with one attached hydrogen (secondary N) is 1. The number of benzene rings is 1. The number of anilines is 1. The molecule has 4 heteroatoms. The second-order valence-corrected chi connectivity index (χ2v) is 4.69. The number of rotatable bonds is 2. The average molecular weight is 279 g/mol. The van der Waals surface area contributed by atoms with Crippen LogP contribution in [0.15, 0.2) is 36.5 Å². The fourth-order valence-corrected chi connectivity index (χ4v) is 1.90. The van der Waals surface area contributed by atoms with Gasteiger partial charge in [0.1, 0.15) is 0 Å². The Morgan fingerprint density at radius 3 is 2.81 bits per heavy atom. The maximum absolute atomic E-state index is 12.3. The predicted octanol–water partition coefficient (Wildman–Crippen LogP) is 2.26. The van der Waals surface area contributed by atoms with Crippen LogP contribution in [0.25, 0.3) is 0 Å². The lowest BCUT2D eigenvalue weighted by molar-refractivity contribution is 0.102. The summed E-state index contributed by atoms with van der Waals surface area (Å²) in [4.78, 5) is 16.3. The summed E-state index contributed by atoms with van der Waals surface area (Å²) in [6.45, 7) is 4.11. The van der Waals surface area contributed by atoms with Crippen molar-refractivity contribution in [3.05, 3.63) is 58.9 Å². The molecule has 0 atom stereocenters. The van der Waals surface area contributed by atoms with Crippen molar-refractivity contribution < 1.29 is 4.79 Å². The number of carbonyl (C=O) groups excluding carboxylic acids is 1. The summed E-state index contributed by atoms with van der Waals surface area (Å²) in [5.74, 6) is 5.61. The molecule has 0 unspecified atom stereocenters. The summed E-state index contributed by atoms with van der Waals surface area (Å²) in [5, 5.41) is 2.88. The van der Waals surface area contributed by atoms with E-state index in [2.05, 4.69) is 22.1 Å². The Balaban J connectivity index is 2.29. The van der Waals surface area contributed by atoms with E-state index in [1.165, 1.54) is 0 Å². The summed E-state index contributed by atoms with van der Waals surface area (Å²) in [6.07, 6.45) is 1.62. The molecule has 0 bridgehead atoms. The third kappa shape index (κ3) is 3.91. The van der Waals surface area contributed by atoms with Crippen molar-refractivity contribution in [3.8, 4) is 11.8 Å². The van der Waals surface area contributed by atoms with Gasteiger partial charge < -0.3 is 11.1 Å². The van der Waals surface area contributed by atoms with Gasteiger partial charge in [0.05, 0.1) is 12.2 Å². The largest absolute Gasteiger partial charge is 0.321 e. The van der Waals surface area contributed by atoms with E-state index < -0.39 is 0 Å². The van der Waals surface area contributed by atoms with Crippen LogP contribution >= 0.6 is 0 Å². The highest BCUT2D eigenvalue weighted by Crippen LogP contribution is 2.17. The standard InChI is InChI=1S/C17H17N3O/c1-12-5-6-16(14(10-12)4-3-8-18)20-17(21)15-7-9-19-13(2)11-15/h5-7,9-11H,8,18H2,1-2H3,(H,20,21). The molecule has 1 amide bonds. The van der Waals surface area contributed by atoms with Gasteiger partial charge in [-0.05, 0) is 43.7 Å². The SMILES string of the molecule is Cc1ccc(NC(=O)c2ccnc(C)c2)c(C#CCN)c1. The molecule has 4 nitrogen and oxygen atoms in total. The number of nitrogens with zero attached hydrogens (tertiary/aromatic N) is 1. The summed E-state index contributed by atoms with van der Waals surface area (Å²) >= 11 is 0. The number of aromatic nitrogens is 1. The number of amides is 1. The topological polar surface area (TPSA) is 68.0 Å². The van der Waals surface area contributed by atoms with Gasteiger partial charge in [0, 0.05) is 23.0 Å². The molecule has 2 rings (SSSR count). The average Bonchev–Trinajstić information content (AvgIpc) is 2.47. The Kier molecular flexibility index (Phi) is 4.70. The first-order chi connectivity index (χ1) is 10.1. The van der Waals surface area contributed by atoms with E-state index in [1.54, 1.807) is 18.3 Å². The number of hydrogen-bond acceptors (Lipinski definition) is 3. The predicted molar refractivity (Wildman–Crippen MR) is 84.0 cm³/mol. The molecule has 0 fully saturated rings. The molecule has 1 aromatic heterocycles. The van der Waals surface area contributed by atoms with E-state index in [9.17, 15) is 4.79 Å². The monoisotopic (exact) mass is 279 g/mol. The fourth-order valence-electron chi connectivity index (χ4n) is 1.90. The van der Waals surface area contributed by atoms with Crippen LogP contribution in [0, 0.1) is 25.7 Å². The van der Waals surface area contributed by atoms with E-state index in [0.29, 0.717) is 11.3 Å². The molecule has 106 valence electrons. The highest BCUT2D eigenvalue weighted by Gasteiger charge is 2.09. The van der Waals surface area contributed by atoms with Gasteiger partial charge in [0.15, 0.2) is 0 Å². The first-order valence-corrected chi connectivity index (χ1v) is 6.64. The molecule has 0 radical (unpaired) electrons. The highest BCUT2D eigenvalue weighted by atomic mass is 16.1. The lowest BCUT2D eigenvalue weighted by atomic mass is 10.1. The van der Waals surface area contributed by atoms with Crippen LogP contribution in [0.5, 0.6) is 0 Å². The van der Waals surface area contributed by atoms with E-state index in [-0.39, 0.29) is 12.5 Å². The molecule has 0 aliphatic carbocycles. The van der Waals surface area contributed by atoms with Crippen molar-refractivity contribution in [2.75, 3.05) is 11.9 Å². The van der Waals surface area contributed by atoms with Crippen LogP contribution in [-0.2, 0) is 0 Å². The maximum Gasteiger partial charge on any atom is 0.255 e. The Hall–Kier alpha value is -2.64. The van der Waals surface area contributed by atoms with Gasteiger partial charge >= 0.3 is 0 Å². The minimum Gasteiger partial charge on any atom is -0.321 e. The molecule has 21 heavy (non-hydrogen) atoms. The molecule has 0 saturated carbocycles. The molecule has 0 saturated heterocycles. The number of aryl methyl sites for hydroxylation is 2. The van der Waals surface area contributed by atoms with Crippen molar-refractivity contribution in [3.63, 3.8) is 0 Å². The number of pyridine rings is 1. The van der Waals surface area contributed by atoms with Gasteiger partial charge in [-0.2, -0.15) is 0 Å². The van der Waals surface area contributed by atoms with Crippen molar-refractivity contribution in [2.45, 2.75) is 13.8 Å². The molecular weight excluding hydrogens is 262 g/mol. The number of carbonyl (C=O) groups is 1. The number of nitrogens with two attached hydrogens (primary N) is 1. The maximum atomic E-state index is 12.3. The normalized spacial score (nSPS) is 9.67. The minimum absolute atomic E-state index is 0.180. The third-order valence-electron chi connectivity index (χ3n) is 2.91. The van der Waals surface area contributed by atoms with Crippen molar-refractivity contribution in [1.29, 1.82) is 0 Å². The highest BCUT2D eigenvalue weighted by molar-refractivity contribution is 6.05. The van der Waals surface area contributed by atoms with E-state index in [4.69, 9.17) is 5.73 Å². The van der Waals surface area contributed by atoms with Gasteiger partial charge in [-0.25, -0.2) is 0 Å². The van der Waals surface area contributed by atoms with Crippen LogP contribution in [0.4, 0.5) is 5.69 Å². The van der Waals surface area contributed by atoms with Crippen molar-refractivity contribution in [1.82, 2.24) is 4.98 Å². The van der Waals surface area contributed by atoms with Crippen molar-refractivity contribution in [2.24, 2.45) is 5.73 Å². The Morgan fingerprint density at radius 1 is 1.29 bits per heavy atom. The van der Waals surface area contributed by atoms with Gasteiger partial charge in [0.25, 0.3) is 5.91 Å². The van der Waals surface area contributed by atoms with Crippen LogP contribution in [0.3, 0.4) is 0 Å². The molecule has 0 aliphatic heterocycles. The summed E-state index contributed by atoms with van der Waals surface area (Å²) < 4.78 is 0. The second-order valence-electron chi connectivity index (χ2n) is 4.69. The first-order valence-electron chi connectivity index (χ1n) is 6.64. The summed E-state index contributed by atoms with van der Waals surface area (Å²) in [7, 11) is 0. The van der Waals surface area contributed by atoms with Gasteiger partial charge in [-0.1, -0.05) is 17.9 Å². The lowest BCUT2D eigenvalue weighted by Crippen LogP contribution is -2.13. The van der Waals surface area contributed by atoms with Crippen molar-refractivity contribution >= 4 is 11.6 Å². The molecular formula is C17H17N3O. The Labute approximate surface area is 124 Å². The molecule has 2 aromatic rings. The fraction of sp³-hybridized carbons (Fsp3) is 0.176. The summed E-state index contributed by atoms with van der Waals surface area (Å²) in [6, 6.07) is 9.13. The lowest BCUT2D eigenvalue weighted by Gasteiger charge is -2.09. The van der Waals surface area contributed by atoms with Crippen LogP contribution in [-0.4, -0.2) is 17.4 Å². The molecule has 0 spiro atoms. The van der Waals surface area contributed by atoms with Crippen LogP contribution in [0.1, 0.15) is 27.2 Å². The Bertz CT molecular complexity index is 726. The Morgan fingerprint density at radius 2 is 2.10 bits per heavy atom. The zero-order valence-corrected chi connectivity index (χ0v) is 12.1. The molecule has 1 aromatic carbocycles. The molecule has 3 N–H and O–H groups in total.